The van der Waals surface area contributed by atoms with E-state index in [2.05, 4.69) is 17.4 Å². The van der Waals surface area contributed by atoms with Crippen LogP contribution in [0.1, 0.15) is 13.3 Å². The predicted molar refractivity (Wildman–Crippen MR) is 102 cm³/mol. The Morgan fingerprint density at radius 2 is 1.78 bits per heavy atom. The smallest absolute Gasteiger partial charge is 0.233 e. The Balaban J connectivity index is 1.75. The number of amides is 1. The van der Waals surface area contributed by atoms with Crippen LogP contribution in [0.5, 0.6) is 0 Å². The summed E-state index contributed by atoms with van der Waals surface area (Å²) in [6, 6.07) is 17.8. The van der Waals surface area contributed by atoms with Crippen molar-refractivity contribution >= 4 is 41.0 Å². The highest BCUT2D eigenvalue weighted by molar-refractivity contribution is 8.00. The number of hydrogen-bond acceptors (Lipinski definition) is 3. The molecule has 1 atom stereocenters. The van der Waals surface area contributed by atoms with Crippen molar-refractivity contribution in [1.82, 2.24) is 5.32 Å². The summed E-state index contributed by atoms with van der Waals surface area (Å²) < 4.78 is 0. The summed E-state index contributed by atoms with van der Waals surface area (Å²) in [5, 5.41) is 3.67. The van der Waals surface area contributed by atoms with Crippen molar-refractivity contribution in [3.8, 4) is 0 Å². The average molecular weight is 366 g/mol. The second kappa shape index (κ2) is 9.91. The Morgan fingerprint density at radius 1 is 1.09 bits per heavy atom. The molecular formula is C18H20ClNOS2. The Bertz CT molecular complexity index is 604. The fourth-order valence-corrected chi connectivity index (χ4v) is 3.87. The van der Waals surface area contributed by atoms with Gasteiger partial charge in [0.15, 0.2) is 0 Å². The van der Waals surface area contributed by atoms with Crippen LogP contribution >= 0.6 is 35.1 Å². The third-order valence-corrected chi connectivity index (χ3v) is 5.81. The number of hydrogen-bond donors (Lipinski definition) is 1. The van der Waals surface area contributed by atoms with Crippen LogP contribution in [0.4, 0.5) is 0 Å². The van der Waals surface area contributed by atoms with Crippen molar-refractivity contribution < 1.29 is 4.79 Å². The van der Waals surface area contributed by atoms with E-state index in [4.69, 9.17) is 11.6 Å². The number of thioether (sulfide) groups is 2. The first-order valence-corrected chi connectivity index (χ1v) is 9.81. The first kappa shape index (κ1) is 18.2. The zero-order valence-electron chi connectivity index (χ0n) is 13.0. The molecule has 2 aromatic carbocycles. The van der Waals surface area contributed by atoms with E-state index in [0.29, 0.717) is 11.6 Å². The highest BCUT2D eigenvalue weighted by Crippen LogP contribution is 2.26. The van der Waals surface area contributed by atoms with Gasteiger partial charge in [-0.15, -0.1) is 23.5 Å². The molecule has 0 aromatic heterocycles. The molecule has 0 unspecified atom stereocenters. The number of benzene rings is 2. The van der Waals surface area contributed by atoms with Gasteiger partial charge in [0.05, 0.1) is 5.25 Å². The molecule has 0 bridgehead atoms. The Morgan fingerprint density at radius 3 is 2.43 bits per heavy atom. The Hall–Kier alpha value is -1.10. The number of carbonyl (C=O) groups excluding carboxylic acids is 1. The van der Waals surface area contributed by atoms with Crippen LogP contribution in [0.2, 0.25) is 5.02 Å². The van der Waals surface area contributed by atoms with E-state index in [0.717, 1.165) is 17.1 Å². The summed E-state index contributed by atoms with van der Waals surface area (Å²) in [7, 11) is 0. The van der Waals surface area contributed by atoms with Gasteiger partial charge < -0.3 is 5.32 Å². The minimum Gasteiger partial charge on any atom is -0.354 e. The maximum atomic E-state index is 12.3. The van der Waals surface area contributed by atoms with Gasteiger partial charge >= 0.3 is 0 Å². The molecule has 2 rings (SSSR count). The van der Waals surface area contributed by atoms with Crippen LogP contribution in [0.25, 0.3) is 0 Å². The molecule has 23 heavy (non-hydrogen) atoms. The van der Waals surface area contributed by atoms with Gasteiger partial charge in [-0.2, -0.15) is 0 Å². The zero-order chi connectivity index (χ0) is 16.5. The highest BCUT2D eigenvalue weighted by atomic mass is 35.5. The summed E-state index contributed by atoms with van der Waals surface area (Å²) in [6.07, 6.45) is 0.797. The molecule has 5 heteroatoms. The molecule has 0 spiro atoms. The van der Waals surface area contributed by atoms with Crippen LogP contribution in [-0.2, 0) is 4.79 Å². The van der Waals surface area contributed by atoms with Crippen molar-refractivity contribution in [3.05, 3.63) is 59.6 Å². The summed E-state index contributed by atoms with van der Waals surface area (Å²) in [4.78, 5) is 14.6. The van der Waals surface area contributed by atoms with Gasteiger partial charge in [-0.3, -0.25) is 4.79 Å². The molecule has 0 radical (unpaired) electrons. The van der Waals surface area contributed by atoms with E-state index in [1.165, 1.54) is 4.90 Å². The lowest BCUT2D eigenvalue weighted by Crippen LogP contribution is -2.33. The van der Waals surface area contributed by atoms with Crippen LogP contribution in [-0.4, -0.2) is 23.5 Å². The number of halogens is 1. The predicted octanol–water partition coefficient (Wildman–Crippen LogP) is 5.12. The summed E-state index contributed by atoms with van der Waals surface area (Å²) >= 11 is 9.22. The topological polar surface area (TPSA) is 29.1 Å². The summed E-state index contributed by atoms with van der Waals surface area (Å²) in [5.74, 6) is 0.971. The first-order chi connectivity index (χ1) is 11.2. The number of carbonyl (C=O) groups is 1. The first-order valence-electron chi connectivity index (χ1n) is 7.57. The van der Waals surface area contributed by atoms with Gasteiger partial charge in [-0.25, -0.2) is 0 Å². The third-order valence-electron chi connectivity index (χ3n) is 3.17. The van der Waals surface area contributed by atoms with Crippen molar-refractivity contribution in [1.29, 1.82) is 0 Å². The average Bonchev–Trinajstić information content (AvgIpc) is 2.59. The SMILES string of the molecule is CC[C@@H](Sc1ccc(Cl)cc1)C(=O)NCCSc1ccccc1. The fourth-order valence-electron chi connectivity index (χ4n) is 1.97. The highest BCUT2D eigenvalue weighted by Gasteiger charge is 2.17. The Kier molecular flexibility index (Phi) is 7.86. The zero-order valence-corrected chi connectivity index (χ0v) is 15.4. The van der Waals surface area contributed by atoms with E-state index in [-0.39, 0.29) is 11.2 Å². The summed E-state index contributed by atoms with van der Waals surface area (Å²) in [5.41, 5.74) is 0. The monoisotopic (exact) mass is 365 g/mol. The van der Waals surface area contributed by atoms with E-state index >= 15 is 0 Å². The maximum Gasteiger partial charge on any atom is 0.233 e. The molecule has 2 nitrogen and oxygen atoms in total. The standard InChI is InChI=1S/C18H20ClNOS2/c1-2-17(23-16-10-8-14(19)9-11-16)18(21)20-12-13-22-15-6-4-3-5-7-15/h3-11,17H,2,12-13H2,1H3,(H,20,21)/t17-/m1/s1. The molecule has 0 heterocycles. The lowest BCUT2D eigenvalue weighted by Gasteiger charge is -2.14. The summed E-state index contributed by atoms with van der Waals surface area (Å²) in [6.45, 7) is 2.71. The van der Waals surface area contributed by atoms with Crippen molar-refractivity contribution in [3.63, 3.8) is 0 Å². The molecule has 0 aliphatic heterocycles. The fraction of sp³-hybridized carbons (Fsp3) is 0.278. The van der Waals surface area contributed by atoms with Gasteiger partial charge in [0, 0.05) is 27.1 Å². The van der Waals surface area contributed by atoms with Crippen LogP contribution in [0.3, 0.4) is 0 Å². The normalized spacial score (nSPS) is 11.9. The van der Waals surface area contributed by atoms with Crippen molar-refractivity contribution in [2.75, 3.05) is 12.3 Å². The molecule has 0 fully saturated rings. The van der Waals surface area contributed by atoms with Crippen LogP contribution in [0, 0.1) is 0 Å². The molecule has 1 N–H and O–H groups in total. The number of nitrogens with one attached hydrogen (secondary N) is 1. The quantitative estimate of drug-likeness (QED) is 0.520. The molecule has 0 saturated carbocycles. The van der Waals surface area contributed by atoms with Crippen LogP contribution in [0.15, 0.2) is 64.4 Å². The molecule has 0 aliphatic carbocycles. The minimum absolute atomic E-state index is 0.0714. The van der Waals surface area contributed by atoms with Crippen molar-refractivity contribution in [2.45, 2.75) is 28.4 Å². The van der Waals surface area contributed by atoms with Crippen molar-refractivity contribution in [2.24, 2.45) is 0 Å². The molecule has 0 saturated heterocycles. The molecule has 122 valence electrons. The van der Waals surface area contributed by atoms with Gasteiger partial charge in [-0.1, -0.05) is 36.7 Å². The molecular weight excluding hydrogens is 346 g/mol. The lowest BCUT2D eigenvalue weighted by molar-refractivity contribution is -0.120. The van der Waals surface area contributed by atoms with E-state index in [1.54, 1.807) is 23.5 Å². The Labute approximate surface area is 151 Å². The van der Waals surface area contributed by atoms with Gasteiger partial charge in [-0.05, 0) is 42.8 Å². The molecule has 2 aromatic rings. The van der Waals surface area contributed by atoms with Gasteiger partial charge in [0.2, 0.25) is 5.91 Å². The van der Waals surface area contributed by atoms with E-state index in [9.17, 15) is 4.79 Å². The van der Waals surface area contributed by atoms with Crippen LogP contribution < -0.4 is 5.32 Å². The lowest BCUT2D eigenvalue weighted by atomic mass is 10.3. The molecule has 1 amide bonds. The largest absolute Gasteiger partial charge is 0.354 e. The van der Waals surface area contributed by atoms with Gasteiger partial charge in [0.25, 0.3) is 0 Å². The number of rotatable bonds is 8. The second-order valence-corrected chi connectivity index (χ2v) is 7.80. The maximum absolute atomic E-state index is 12.3. The van der Waals surface area contributed by atoms with E-state index < -0.39 is 0 Å². The third kappa shape index (κ3) is 6.50. The second-order valence-electron chi connectivity index (χ2n) is 4.92. The van der Waals surface area contributed by atoms with E-state index in [1.807, 2.05) is 49.4 Å². The van der Waals surface area contributed by atoms with Gasteiger partial charge in [0.1, 0.15) is 0 Å². The molecule has 0 aliphatic rings. The minimum atomic E-state index is -0.0714.